The summed E-state index contributed by atoms with van der Waals surface area (Å²) in [5.74, 6) is 0.515. The van der Waals surface area contributed by atoms with Crippen LogP contribution in [0.3, 0.4) is 0 Å². The number of benzene rings is 2. The summed E-state index contributed by atoms with van der Waals surface area (Å²) in [7, 11) is 0. The molecule has 92 valence electrons. The summed E-state index contributed by atoms with van der Waals surface area (Å²) in [4.78, 5) is 4.51. The highest BCUT2D eigenvalue weighted by atomic mass is 14.6. The highest BCUT2D eigenvalue weighted by Gasteiger charge is 2.22. The predicted octanol–water partition coefficient (Wildman–Crippen LogP) is 4.31. The molecular formula is C18H15N. The van der Waals surface area contributed by atoms with E-state index in [0.29, 0.717) is 5.92 Å². The Kier molecular flexibility index (Phi) is 2.37. The molecule has 1 aromatic heterocycles. The van der Waals surface area contributed by atoms with Crippen molar-refractivity contribution < 1.29 is 0 Å². The fraction of sp³-hybridized carbons (Fsp3) is 0.167. The van der Waals surface area contributed by atoms with Gasteiger partial charge in [0, 0.05) is 17.5 Å². The van der Waals surface area contributed by atoms with Crippen LogP contribution in [0.2, 0.25) is 0 Å². The van der Waals surface area contributed by atoms with E-state index >= 15 is 0 Å². The van der Waals surface area contributed by atoms with E-state index in [0.717, 1.165) is 11.9 Å². The Morgan fingerprint density at radius 2 is 1.79 bits per heavy atom. The largest absolute Gasteiger partial charge is 0.256 e. The second kappa shape index (κ2) is 4.20. The van der Waals surface area contributed by atoms with Crippen molar-refractivity contribution in [3.05, 3.63) is 77.5 Å². The van der Waals surface area contributed by atoms with Crippen LogP contribution in [-0.4, -0.2) is 4.98 Å². The third kappa shape index (κ3) is 1.66. The lowest BCUT2D eigenvalue weighted by Gasteiger charge is -2.25. The lowest BCUT2D eigenvalue weighted by molar-refractivity contribution is 0.704. The topological polar surface area (TPSA) is 12.9 Å². The maximum absolute atomic E-state index is 4.51. The third-order valence-corrected chi connectivity index (χ3v) is 4.16. The van der Waals surface area contributed by atoms with E-state index in [1.165, 1.54) is 28.5 Å². The lowest BCUT2D eigenvalue weighted by atomic mass is 9.79. The number of aryl methyl sites for hydroxylation is 1. The number of hydrogen-bond donors (Lipinski definition) is 0. The van der Waals surface area contributed by atoms with E-state index in [-0.39, 0.29) is 0 Å². The molecule has 1 unspecified atom stereocenters. The Morgan fingerprint density at radius 1 is 0.895 bits per heavy atom. The second-order valence-corrected chi connectivity index (χ2v) is 5.21. The average molecular weight is 245 g/mol. The quantitative estimate of drug-likeness (QED) is 0.622. The van der Waals surface area contributed by atoms with Gasteiger partial charge in [0.05, 0.1) is 5.52 Å². The Hall–Kier alpha value is -2.15. The third-order valence-electron chi connectivity index (χ3n) is 4.16. The molecule has 0 fully saturated rings. The highest BCUT2D eigenvalue weighted by molar-refractivity contribution is 5.87. The van der Waals surface area contributed by atoms with Crippen LogP contribution in [0.15, 0.2) is 60.8 Å². The molecule has 0 spiro atoms. The summed E-state index contributed by atoms with van der Waals surface area (Å²) in [5.41, 5.74) is 5.45. The van der Waals surface area contributed by atoms with Crippen LogP contribution in [0.4, 0.5) is 0 Å². The normalized spacial score (nSPS) is 17.6. The molecule has 0 saturated heterocycles. The summed E-state index contributed by atoms with van der Waals surface area (Å²) in [6.07, 6.45) is 4.28. The van der Waals surface area contributed by atoms with E-state index in [1.54, 1.807) is 0 Å². The Labute approximate surface area is 112 Å². The monoisotopic (exact) mass is 245 g/mol. The molecule has 0 amide bonds. The van der Waals surface area contributed by atoms with Crippen LogP contribution in [0.25, 0.3) is 10.9 Å². The van der Waals surface area contributed by atoms with Gasteiger partial charge in [-0.3, -0.25) is 4.98 Å². The SMILES string of the molecule is c1ccc(C2CCc3ccnc4cccc2c34)cc1. The van der Waals surface area contributed by atoms with Gasteiger partial charge >= 0.3 is 0 Å². The van der Waals surface area contributed by atoms with E-state index < -0.39 is 0 Å². The minimum Gasteiger partial charge on any atom is -0.256 e. The summed E-state index contributed by atoms with van der Waals surface area (Å²) < 4.78 is 0. The fourth-order valence-electron chi connectivity index (χ4n) is 3.29. The zero-order valence-corrected chi connectivity index (χ0v) is 10.7. The van der Waals surface area contributed by atoms with Crippen molar-refractivity contribution in [2.75, 3.05) is 0 Å². The van der Waals surface area contributed by atoms with Crippen molar-refractivity contribution in [3.63, 3.8) is 0 Å². The summed E-state index contributed by atoms with van der Waals surface area (Å²) in [6, 6.07) is 19.5. The molecule has 0 bridgehead atoms. The zero-order valence-electron chi connectivity index (χ0n) is 10.7. The van der Waals surface area contributed by atoms with Crippen LogP contribution in [0.5, 0.6) is 0 Å². The number of nitrogens with zero attached hydrogens (tertiary/aromatic N) is 1. The summed E-state index contributed by atoms with van der Waals surface area (Å²) in [5, 5.41) is 1.38. The van der Waals surface area contributed by atoms with Gasteiger partial charge in [-0.25, -0.2) is 0 Å². The van der Waals surface area contributed by atoms with Crippen molar-refractivity contribution in [3.8, 4) is 0 Å². The van der Waals surface area contributed by atoms with Gasteiger partial charge in [-0.05, 0) is 41.7 Å². The highest BCUT2D eigenvalue weighted by Crippen LogP contribution is 2.39. The Bertz CT molecular complexity index is 726. The van der Waals surface area contributed by atoms with E-state index in [1.807, 2.05) is 6.20 Å². The van der Waals surface area contributed by atoms with E-state index in [9.17, 15) is 0 Å². The smallest absolute Gasteiger partial charge is 0.0707 e. The molecule has 19 heavy (non-hydrogen) atoms. The number of hydrogen-bond acceptors (Lipinski definition) is 1. The van der Waals surface area contributed by atoms with E-state index in [2.05, 4.69) is 59.6 Å². The molecule has 1 aliphatic carbocycles. The van der Waals surface area contributed by atoms with Gasteiger partial charge < -0.3 is 0 Å². The Balaban J connectivity index is 1.98. The number of pyridine rings is 1. The van der Waals surface area contributed by atoms with Crippen LogP contribution in [-0.2, 0) is 6.42 Å². The van der Waals surface area contributed by atoms with Crippen molar-refractivity contribution in [2.45, 2.75) is 18.8 Å². The maximum Gasteiger partial charge on any atom is 0.0707 e. The molecule has 0 saturated carbocycles. The molecule has 4 rings (SSSR count). The molecule has 3 aromatic rings. The molecule has 1 heteroatoms. The maximum atomic E-state index is 4.51. The van der Waals surface area contributed by atoms with Crippen molar-refractivity contribution in [1.29, 1.82) is 0 Å². The van der Waals surface area contributed by atoms with E-state index in [4.69, 9.17) is 0 Å². The van der Waals surface area contributed by atoms with Gasteiger partial charge in [-0.1, -0.05) is 42.5 Å². The molecular weight excluding hydrogens is 230 g/mol. The lowest BCUT2D eigenvalue weighted by Crippen LogP contribution is -2.10. The summed E-state index contributed by atoms with van der Waals surface area (Å²) in [6.45, 7) is 0. The second-order valence-electron chi connectivity index (χ2n) is 5.21. The zero-order chi connectivity index (χ0) is 12.7. The van der Waals surface area contributed by atoms with Gasteiger partial charge in [-0.2, -0.15) is 0 Å². The van der Waals surface area contributed by atoms with Crippen LogP contribution in [0, 0.1) is 0 Å². The Morgan fingerprint density at radius 3 is 2.68 bits per heavy atom. The van der Waals surface area contributed by atoms with Crippen molar-refractivity contribution in [2.24, 2.45) is 0 Å². The molecule has 1 aliphatic rings. The molecule has 2 aromatic carbocycles. The average Bonchev–Trinajstić information content (AvgIpc) is 2.49. The number of aromatic nitrogens is 1. The molecule has 0 aliphatic heterocycles. The molecule has 1 atom stereocenters. The standard InChI is InChI=1S/C18H15N/c1-2-5-13(6-3-1)15-10-9-14-11-12-19-17-8-4-7-16(15)18(14)17/h1-8,11-12,15H,9-10H2. The van der Waals surface area contributed by atoms with Crippen LogP contribution < -0.4 is 0 Å². The summed E-state index contributed by atoms with van der Waals surface area (Å²) >= 11 is 0. The van der Waals surface area contributed by atoms with Gasteiger partial charge in [0.1, 0.15) is 0 Å². The van der Waals surface area contributed by atoms with Gasteiger partial charge in [0.15, 0.2) is 0 Å². The minimum atomic E-state index is 0.515. The first kappa shape index (κ1) is 10.7. The minimum absolute atomic E-state index is 0.515. The molecule has 1 heterocycles. The van der Waals surface area contributed by atoms with Gasteiger partial charge in [-0.15, -0.1) is 0 Å². The van der Waals surface area contributed by atoms with Gasteiger partial charge in [0.2, 0.25) is 0 Å². The fourth-order valence-corrected chi connectivity index (χ4v) is 3.29. The van der Waals surface area contributed by atoms with Crippen molar-refractivity contribution >= 4 is 10.9 Å². The first-order valence-electron chi connectivity index (χ1n) is 6.85. The molecule has 0 N–H and O–H groups in total. The molecule has 1 nitrogen and oxygen atoms in total. The molecule has 0 radical (unpaired) electrons. The van der Waals surface area contributed by atoms with Crippen LogP contribution in [0.1, 0.15) is 29.0 Å². The first-order chi connectivity index (χ1) is 9.43. The number of rotatable bonds is 1. The predicted molar refractivity (Wildman–Crippen MR) is 78.3 cm³/mol. The van der Waals surface area contributed by atoms with Crippen molar-refractivity contribution in [1.82, 2.24) is 4.98 Å². The van der Waals surface area contributed by atoms with Gasteiger partial charge in [0.25, 0.3) is 0 Å². The first-order valence-corrected chi connectivity index (χ1v) is 6.85. The van der Waals surface area contributed by atoms with Crippen LogP contribution >= 0.6 is 0 Å².